The molecule has 0 atom stereocenters. The molecule has 0 saturated heterocycles. The quantitative estimate of drug-likeness (QED) is 0.540. The van der Waals surface area contributed by atoms with Crippen molar-refractivity contribution in [3.05, 3.63) is 60.6 Å². The standard InChI is InChI=1S/C14H16N2/c1-4-13(11-15-3)6-5-12(2)14-7-9-16-10-8-14/h4-5,7-11H,1,3,6H2,2H3/b12-5+,13-11+. The van der Waals surface area contributed by atoms with Crippen molar-refractivity contribution in [2.45, 2.75) is 13.3 Å². The molecule has 16 heavy (non-hydrogen) atoms. The minimum atomic E-state index is 0.816. The summed E-state index contributed by atoms with van der Waals surface area (Å²) in [5.41, 5.74) is 3.47. The van der Waals surface area contributed by atoms with Crippen molar-refractivity contribution in [2.24, 2.45) is 4.99 Å². The Morgan fingerprint density at radius 3 is 2.69 bits per heavy atom. The summed E-state index contributed by atoms with van der Waals surface area (Å²) < 4.78 is 0. The summed E-state index contributed by atoms with van der Waals surface area (Å²) in [6.45, 7) is 9.25. The fourth-order valence-corrected chi connectivity index (χ4v) is 1.31. The third-order valence-electron chi connectivity index (χ3n) is 2.30. The van der Waals surface area contributed by atoms with Gasteiger partial charge in [-0.15, -0.1) is 0 Å². The number of allylic oxidation sites excluding steroid dienone is 4. The lowest BCUT2D eigenvalue weighted by Gasteiger charge is -2.01. The smallest absolute Gasteiger partial charge is 0.0295 e. The highest BCUT2D eigenvalue weighted by molar-refractivity contribution is 5.63. The maximum atomic E-state index is 3.99. The second-order valence-electron chi connectivity index (χ2n) is 3.42. The van der Waals surface area contributed by atoms with Gasteiger partial charge in [-0.1, -0.05) is 18.7 Å². The molecule has 0 bridgehead atoms. The molecular formula is C14H16N2. The van der Waals surface area contributed by atoms with Crippen LogP contribution in [0, 0.1) is 0 Å². The third kappa shape index (κ3) is 3.65. The van der Waals surface area contributed by atoms with Gasteiger partial charge < -0.3 is 0 Å². The molecule has 2 nitrogen and oxygen atoms in total. The van der Waals surface area contributed by atoms with Gasteiger partial charge >= 0.3 is 0 Å². The minimum absolute atomic E-state index is 0.816. The summed E-state index contributed by atoms with van der Waals surface area (Å²) in [5.74, 6) is 0. The molecule has 0 spiro atoms. The maximum Gasteiger partial charge on any atom is 0.0295 e. The Labute approximate surface area is 96.8 Å². The number of pyridine rings is 1. The number of hydrogen-bond acceptors (Lipinski definition) is 2. The van der Waals surface area contributed by atoms with E-state index < -0.39 is 0 Å². The van der Waals surface area contributed by atoms with Crippen LogP contribution >= 0.6 is 0 Å². The topological polar surface area (TPSA) is 25.2 Å². The van der Waals surface area contributed by atoms with Gasteiger partial charge in [0.2, 0.25) is 0 Å². The van der Waals surface area contributed by atoms with Crippen LogP contribution in [0.3, 0.4) is 0 Å². The summed E-state index contributed by atoms with van der Waals surface area (Å²) >= 11 is 0. The zero-order valence-corrected chi connectivity index (χ0v) is 9.56. The van der Waals surface area contributed by atoms with Gasteiger partial charge in [0.25, 0.3) is 0 Å². The maximum absolute atomic E-state index is 3.99. The van der Waals surface area contributed by atoms with Gasteiger partial charge in [-0.2, -0.15) is 0 Å². The van der Waals surface area contributed by atoms with E-state index in [1.807, 2.05) is 12.1 Å². The molecule has 82 valence electrons. The molecule has 0 aliphatic carbocycles. The molecule has 1 aromatic rings. The summed E-state index contributed by atoms with van der Waals surface area (Å²) in [7, 11) is 0. The number of rotatable bonds is 5. The highest BCUT2D eigenvalue weighted by Crippen LogP contribution is 2.15. The number of aromatic nitrogens is 1. The molecule has 0 fully saturated rings. The SMILES string of the molecule is C=C/C(=C\N=C)C/C=C(\C)c1ccncc1. The fraction of sp³-hybridized carbons (Fsp3) is 0.143. The van der Waals surface area contributed by atoms with Crippen molar-refractivity contribution in [1.82, 2.24) is 4.98 Å². The van der Waals surface area contributed by atoms with Gasteiger partial charge in [0.15, 0.2) is 0 Å². The Balaban J connectivity index is 2.75. The van der Waals surface area contributed by atoms with E-state index in [0.717, 1.165) is 12.0 Å². The summed E-state index contributed by atoms with van der Waals surface area (Å²) in [6.07, 6.45) is 10.1. The van der Waals surface area contributed by atoms with E-state index in [-0.39, 0.29) is 0 Å². The second-order valence-corrected chi connectivity index (χ2v) is 3.42. The van der Waals surface area contributed by atoms with Crippen LogP contribution in [0.5, 0.6) is 0 Å². The first-order chi connectivity index (χ1) is 7.77. The highest BCUT2D eigenvalue weighted by Gasteiger charge is 1.94. The van der Waals surface area contributed by atoms with Gasteiger partial charge in [-0.3, -0.25) is 9.98 Å². The Hall–Kier alpha value is -1.96. The van der Waals surface area contributed by atoms with Gasteiger partial charge in [-0.05, 0) is 48.9 Å². The Kier molecular flexibility index (Phi) is 4.93. The van der Waals surface area contributed by atoms with E-state index >= 15 is 0 Å². The molecule has 0 saturated carbocycles. The van der Waals surface area contributed by atoms with Crippen molar-refractivity contribution >= 4 is 12.3 Å². The fourth-order valence-electron chi connectivity index (χ4n) is 1.31. The van der Waals surface area contributed by atoms with Crippen LogP contribution in [0.2, 0.25) is 0 Å². The third-order valence-corrected chi connectivity index (χ3v) is 2.30. The molecule has 0 N–H and O–H groups in total. The first-order valence-corrected chi connectivity index (χ1v) is 5.12. The minimum Gasteiger partial charge on any atom is -0.272 e. The van der Waals surface area contributed by atoms with E-state index in [9.17, 15) is 0 Å². The molecule has 0 unspecified atom stereocenters. The van der Waals surface area contributed by atoms with Crippen molar-refractivity contribution in [2.75, 3.05) is 0 Å². The average Bonchev–Trinajstić information content (AvgIpc) is 2.35. The molecule has 1 rings (SSSR count). The zero-order chi connectivity index (χ0) is 11.8. The first-order valence-electron chi connectivity index (χ1n) is 5.12. The summed E-state index contributed by atoms with van der Waals surface area (Å²) in [4.78, 5) is 7.73. The Morgan fingerprint density at radius 2 is 2.12 bits per heavy atom. The Morgan fingerprint density at radius 1 is 1.44 bits per heavy atom. The van der Waals surface area contributed by atoms with E-state index in [4.69, 9.17) is 0 Å². The van der Waals surface area contributed by atoms with Gasteiger partial charge in [-0.25, -0.2) is 0 Å². The lowest BCUT2D eigenvalue weighted by Crippen LogP contribution is -1.81. The highest BCUT2D eigenvalue weighted by atomic mass is 14.6. The number of nitrogens with zero attached hydrogens (tertiary/aromatic N) is 2. The number of aliphatic imine (C=N–C) groups is 1. The van der Waals surface area contributed by atoms with Crippen LogP contribution in [0.4, 0.5) is 0 Å². The molecule has 2 heteroatoms. The van der Waals surface area contributed by atoms with Crippen molar-refractivity contribution in [1.29, 1.82) is 0 Å². The van der Waals surface area contributed by atoms with Crippen LogP contribution in [-0.2, 0) is 0 Å². The molecule has 0 amide bonds. The van der Waals surface area contributed by atoms with E-state index in [1.165, 1.54) is 11.1 Å². The van der Waals surface area contributed by atoms with Crippen molar-refractivity contribution in [3.8, 4) is 0 Å². The van der Waals surface area contributed by atoms with Crippen molar-refractivity contribution in [3.63, 3.8) is 0 Å². The summed E-state index contributed by atoms with van der Waals surface area (Å²) in [6, 6.07) is 3.99. The lowest BCUT2D eigenvalue weighted by atomic mass is 10.1. The van der Waals surface area contributed by atoms with E-state index in [0.29, 0.717) is 0 Å². The van der Waals surface area contributed by atoms with Crippen LogP contribution in [0.15, 0.2) is 60.0 Å². The summed E-state index contributed by atoms with van der Waals surface area (Å²) in [5, 5.41) is 0. The first kappa shape index (κ1) is 12.1. The van der Waals surface area contributed by atoms with Crippen LogP contribution in [0.25, 0.3) is 5.57 Å². The van der Waals surface area contributed by atoms with E-state index in [2.05, 4.69) is 36.3 Å². The monoisotopic (exact) mass is 212 g/mol. The molecule has 0 aromatic carbocycles. The number of hydrogen-bond donors (Lipinski definition) is 0. The predicted octanol–water partition coefficient (Wildman–Crippen LogP) is 3.65. The normalized spacial score (nSPS) is 12.3. The molecule has 0 aliphatic heterocycles. The lowest BCUT2D eigenvalue weighted by molar-refractivity contribution is 1.25. The van der Waals surface area contributed by atoms with Gasteiger partial charge in [0.1, 0.15) is 0 Å². The Bertz CT molecular complexity index is 414. The zero-order valence-electron chi connectivity index (χ0n) is 9.56. The molecular weight excluding hydrogens is 196 g/mol. The largest absolute Gasteiger partial charge is 0.272 e. The second kappa shape index (κ2) is 6.51. The van der Waals surface area contributed by atoms with Crippen LogP contribution in [0.1, 0.15) is 18.9 Å². The van der Waals surface area contributed by atoms with Crippen LogP contribution in [-0.4, -0.2) is 11.7 Å². The molecule has 1 aromatic heterocycles. The molecule has 0 aliphatic rings. The van der Waals surface area contributed by atoms with Crippen LogP contribution < -0.4 is 0 Å². The van der Waals surface area contributed by atoms with E-state index in [1.54, 1.807) is 24.7 Å². The molecule has 0 radical (unpaired) electrons. The van der Waals surface area contributed by atoms with Crippen molar-refractivity contribution < 1.29 is 0 Å². The molecule has 1 heterocycles. The van der Waals surface area contributed by atoms with Gasteiger partial charge in [0, 0.05) is 18.6 Å². The average molecular weight is 212 g/mol. The van der Waals surface area contributed by atoms with Gasteiger partial charge in [0.05, 0.1) is 0 Å². The predicted molar refractivity (Wildman–Crippen MR) is 70.3 cm³/mol.